The third-order valence-corrected chi connectivity index (χ3v) is 4.29. The maximum atomic E-state index is 10.7. The van der Waals surface area contributed by atoms with Crippen LogP contribution in [0.1, 0.15) is 18.9 Å². The quantitative estimate of drug-likeness (QED) is 0.766. The molecule has 2 rings (SSSR count). The van der Waals surface area contributed by atoms with Gasteiger partial charge in [0.2, 0.25) is 0 Å². The molecule has 0 radical (unpaired) electrons. The summed E-state index contributed by atoms with van der Waals surface area (Å²) in [7, 11) is 1.69. The Bertz CT molecular complexity index is 522. The zero-order valence-corrected chi connectivity index (χ0v) is 12.3. The molecule has 0 aliphatic carbocycles. The second-order valence-corrected chi connectivity index (χ2v) is 5.83. The molecule has 1 aromatic heterocycles. The van der Waals surface area contributed by atoms with Crippen molar-refractivity contribution < 1.29 is 9.84 Å². The second kappa shape index (κ2) is 6.48. The molecule has 0 saturated carbocycles. The van der Waals surface area contributed by atoms with Crippen molar-refractivity contribution in [2.24, 2.45) is 0 Å². The molecule has 0 fully saturated rings. The number of ether oxygens (including phenoxy) is 1. The summed E-state index contributed by atoms with van der Waals surface area (Å²) in [5, 5.41) is 17.2. The molecular weight excluding hydrogens is 258 g/mol. The number of fused-ring (bicyclic) bond motifs is 1. The van der Waals surface area contributed by atoms with Crippen molar-refractivity contribution in [1.29, 1.82) is 0 Å². The van der Waals surface area contributed by atoms with Crippen LogP contribution in [0.15, 0.2) is 29.6 Å². The largest absolute Gasteiger partial charge is 0.385 e. The summed E-state index contributed by atoms with van der Waals surface area (Å²) >= 11 is 1.69. The van der Waals surface area contributed by atoms with Gasteiger partial charge >= 0.3 is 0 Å². The van der Waals surface area contributed by atoms with Gasteiger partial charge in [0.15, 0.2) is 0 Å². The van der Waals surface area contributed by atoms with Crippen LogP contribution in [0.5, 0.6) is 0 Å². The molecule has 1 atom stereocenters. The van der Waals surface area contributed by atoms with E-state index in [4.69, 9.17) is 4.74 Å². The number of rotatable bonds is 7. The van der Waals surface area contributed by atoms with E-state index in [0.717, 1.165) is 18.7 Å². The lowest BCUT2D eigenvalue weighted by molar-refractivity contribution is 0.0492. The Labute approximate surface area is 118 Å². The summed E-state index contributed by atoms with van der Waals surface area (Å²) in [5.74, 6) is 0. The number of hydrogen-bond acceptors (Lipinski definition) is 4. The highest BCUT2D eigenvalue weighted by Gasteiger charge is 2.24. The molecule has 104 valence electrons. The van der Waals surface area contributed by atoms with Crippen LogP contribution in [0.2, 0.25) is 0 Å². The summed E-state index contributed by atoms with van der Waals surface area (Å²) < 4.78 is 6.17. The van der Waals surface area contributed by atoms with Gasteiger partial charge in [-0.1, -0.05) is 18.2 Å². The highest BCUT2D eigenvalue weighted by molar-refractivity contribution is 7.17. The standard InChI is InChI=1S/C15H21NO2S/c1-15(17,7-8-16-9-10-18-2)13-5-3-4-12-6-11-19-14(12)13/h3-6,11,16-17H,7-10H2,1-2H3. The molecule has 0 aliphatic heterocycles. The predicted molar refractivity (Wildman–Crippen MR) is 80.8 cm³/mol. The van der Waals surface area contributed by atoms with Crippen molar-refractivity contribution in [3.8, 4) is 0 Å². The molecule has 1 heterocycles. The van der Waals surface area contributed by atoms with E-state index in [9.17, 15) is 5.11 Å². The van der Waals surface area contributed by atoms with Crippen LogP contribution in [0, 0.1) is 0 Å². The molecular formula is C15H21NO2S. The number of aliphatic hydroxyl groups is 1. The lowest BCUT2D eigenvalue weighted by Gasteiger charge is -2.24. The smallest absolute Gasteiger partial charge is 0.0894 e. The number of methoxy groups -OCH3 is 1. The Hall–Kier alpha value is -0.940. The van der Waals surface area contributed by atoms with Crippen molar-refractivity contribution in [3.63, 3.8) is 0 Å². The van der Waals surface area contributed by atoms with Crippen LogP contribution in [0.4, 0.5) is 0 Å². The SMILES string of the molecule is COCCNCCC(C)(O)c1cccc2ccsc12. The van der Waals surface area contributed by atoms with Gasteiger partial charge in [-0.05, 0) is 36.7 Å². The van der Waals surface area contributed by atoms with Gasteiger partial charge < -0.3 is 15.2 Å². The molecule has 0 bridgehead atoms. The molecule has 2 N–H and O–H groups in total. The van der Waals surface area contributed by atoms with E-state index in [-0.39, 0.29) is 0 Å². The average molecular weight is 279 g/mol. The van der Waals surface area contributed by atoms with Crippen LogP contribution in [0.3, 0.4) is 0 Å². The van der Waals surface area contributed by atoms with Gasteiger partial charge in [0.05, 0.1) is 12.2 Å². The molecule has 0 aliphatic rings. The minimum Gasteiger partial charge on any atom is -0.385 e. The number of thiophene rings is 1. The Balaban J connectivity index is 2.04. The van der Waals surface area contributed by atoms with Crippen LogP contribution >= 0.6 is 11.3 Å². The maximum absolute atomic E-state index is 10.7. The normalized spacial score (nSPS) is 14.7. The van der Waals surface area contributed by atoms with E-state index in [2.05, 4.69) is 22.8 Å². The van der Waals surface area contributed by atoms with Gasteiger partial charge in [-0.2, -0.15) is 0 Å². The summed E-state index contributed by atoms with van der Waals surface area (Å²) in [4.78, 5) is 0. The lowest BCUT2D eigenvalue weighted by Crippen LogP contribution is -2.29. The zero-order chi connectivity index (χ0) is 13.7. The molecule has 1 aromatic carbocycles. The first-order valence-electron chi connectivity index (χ1n) is 6.54. The molecule has 19 heavy (non-hydrogen) atoms. The Morgan fingerprint density at radius 3 is 2.95 bits per heavy atom. The first kappa shape index (κ1) is 14.5. The second-order valence-electron chi connectivity index (χ2n) is 4.91. The van der Waals surface area contributed by atoms with Crippen LogP contribution in [-0.4, -0.2) is 31.9 Å². The third-order valence-electron chi connectivity index (χ3n) is 3.33. The molecule has 0 spiro atoms. The first-order valence-corrected chi connectivity index (χ1v) is 7.42. The first-order chi connectivity index (χ1) is 9.15. The topological polar surface area (TPSA) is 41.5 Å². The number of nitrogens with one attached hydrogen (secondary N) is 1. The fourth-order valence-corrected chi connectivity index (χ4v) is 3.22. The molecule has 1 unspecified atom stereocenters. The Morgan fingerprint density at radius 1 is 1.32 bits per heavy atom. The Kier molecular flexibility index (Phi) is 4.93. The fourth-order valence-electron chi connectivity index (χ4n) is 2.18. The maximum Gasteiger partial charge on any atom is 0.0894 e. The predicted octanol–water partition coefficient (Wildman–Crippen LogP) is 2.73. The number of benzene rings is 1. The van der Waals surface area contributed by atoms with E-state index in [1.54, 1.807) is 18.4 Å². The highest BCUT2D eigenvalue weighted by Crippen LogP contribution is 2.33. The molecule has 3 nitrogen and oxygen atoms in total. The van der Waals surface area contributed by atoms with E-state index >= 15 is 0 Å². The lowest BCUT2D eigenvalue weighted by atomic mass is 9.92. The van der Waals surface area contributed by atoms with E-state index < -0.39 is 5.60 Å². The Morgan fingerprint density at radius 2 is 2.16 bits per heavy atom. The van der Waals surface area contributed by atoms with Crippen LogP contribution in [0.25, 0.3) is 10.1 Å². The van der Waals surface area contributed by atoms with Crippen molar-refractivity contribution in [3.05, 3.63) is 35.2 Å². The molecule has 2 aromatic rings. The van der Waals surface area contributed by atoms with Crippen molar-refractivity contribution in [2.75, 3.05) is 26.8 Å². The van der Waals surface area contributed by atoms with Gasteiger partial charge in [-0.25, -0.2) is 0 Å². The monoisotopic (exact) mass is 279 g/mol. The van der Waals surface area contributed by atoms with Gasteiger partial charge in [0, 0.05) is 23.9 Å². The molecule has 4 heteroatoms. The van der Waals surface area contributed by atoms with Gasteiger partial charge in [-0.15, -0.1) is 11.3 Å². The van der Waals surface area contributed by atoms with E-state index in [0.29, 0.717) is 13.0 Å². The number of hydrogen-bond donors (Lipinski definition) is 2. The van der Waals surface area contributed by atoms with E-state index in [1.807, 2.05) is 19.1 Å². The van der Waals surface area contributed by atoms with E-state index in [1.165, 1.54) is 10.1 Å². The third kappa shape index (κ3) is 3.54. The average Bonchev–Trinajstić information content (AvgIpc) is 2.86. The van der Waals surface area contributed by atoms with Gasteiger partial charge in [0.25, 0.3) is 0 Å². The van der Waals surface area contributed by atoms with Crippen molar-refractivity contribution in [1.82, 2.24) is 5.32 Å². The zero-order valence-electron chi connectivity index (χ0n) is 11.5. The summed E-state index contributed by atoms with van der Waals surface area (Å²) in [5.41, 5.74) is 0.221. The van der Waals surface area contributed by atoms with Gasteiger partial charge in [-0.3, -0.25) is 0 Å². The fraction of sp³-hybridized carbons (Fsp3) is 0.467. The summed E-state index contributed by atoms with van der Waals surface area (Å²) in [6, 6.07) is 8.21. The van der Waals surface area contributed by atoms with Crippen molar-refractivity contribution >= 4 is 21.4 Å². The van der Waals surface area contributed by atoms with Crippen molar-refractivity contribution in [2.45, 2.75) is 18.9 Å². The molecule has 0 amide bonds. The molecule has 0 saturated heterocycles. The van der Waals surface area contributed by atoms with Crippen LogP contribution < -0.4 is 5.32 Å². The minimum absolute atomic E-state index is 0.688. The summed E-state index contributed by atoms with van der Waals surface area (Å²) in [6.07, 6.45) is 0.688. The van der Waals surface area contributed by atoms with Gasteiger partial charge in [0.1, 0.15) is 0 Å². The van der Waals surface area contributed by atoms with Crippen LogP contribution in [-0.2, 0) is 10.3 Å². The highest BCUT2D eigenvalue weighted by atomic mass is 32.1. The minimum atomic E-state index is -0.801. The summed E-state index contributed by atoms with van der Waals surface area (Å²) in [6.45, 7) is 4.18.